The molecule has 6 heteroatoms. The highest BCUT2D eigenvalue weighted by Gasteiger charge is 2.69. The van der Waals surface area contributed by atoms with E-state index in [-0.39, 0.29) is 0 Å². The van der Waals surface area contributed by atoms with Crippen LogP contribution in [0.3, 0.4) is 0 Å². The molecule has 3 aliphatic rings. The molecule has 7 heterocycles. The van der Waals surface area contributed by atoms with Crippen molar-refractivity contribution in [2.75, 3.05) is 0 Å². The Morgan fingerprint density at radius 3 is 2.13 bits per heavy atom. The quantitative estimate of drug-likeness (QED) is 0.167. The van der Waals surface area contributed by atoms with E-state index in [0.717, 1.165) is 23.0 Å². The number of fused-ring (bicyclic) bond motifs is 10. The molecule has 1 spiro atoms. The normalized spacial score (nSPS) is 16.0. The van der Waals surface area contributed by atoms with Crippen molar-refractivity contribution in [3.8, 4) is 39.8 Å². The summed E-state index contributed by atoms with van der Waals surface area (Å²) in [7, 11) is 0. The molecule has 0 amide bonds. The number of pyridine rings is 1. The zero-order chi connectivity index (χ0) is 34.7. The topological polar surface area (TPSA) is 31.8 Å². The van der Waals surface area contributed by atoms with E-state index in [1.807, 2.05) is 0 Å². The lowest BCUT2D eigenvalue weighted by Gasteiger charge is -2.33. The minimum atomic E-state index is -0.722. The molecule has 6 nitrogen and oxygen atoms in total. The number of aromatic nitrogens is 5. The lowest BCUT2D eigenvalue weighted by atomic mass is 9.84. The summed E-state index contributed by atoms with van der Waals surface area (Å²) in [4.78, 5) is 0. The molecule has 6 aromatic carbocycles. The molecular formula is C47H31N5O+2. The molecular weight excluding hydrogens is 651 g/mol. The Morgan fingerprint density at radius 1 is 0.566 bits per heavy atom. The fraction of sp³-hybridized carbons (Fsp3) is 0.0638. The molecule has 1 atom stereocenters. The first-order chi connectivity index (χ1) is 26.2. The first-order valence-electron chi connectivity index (χ1n) is 18.3. The van der Waals surface area contributed by atoms with Gasteiger partial charge in [-0.1, -0.05) is 71.4 Å². The average Bonchev–Trinajstić information content (AvgIpc) is 3.90. The Bertz CT molecular complexity index is 3290. The summed E-state index contributed by atoms with van der Waals surface area (Å²) in [6.07, 6.45) is 2.26. The smallest absolute Gasteiger partial charge is 0.397 e. The summed E-state index contributed by atoms with van der Waals surface area (Å²) in [5.41, 5.74) is 13.6. The molecule has 13 rings (SSSR count). The van der Waals surface area contributed by atoms with Gasteiger partial charge in [-0.2, -0.15) is 9.13 Å². The molecule has 0 aliphatic carbocycles. The average molecular weight is 682 g/mol. The maximum Gasteiger partial charge on any atom is 0.397 e. The van der Waals surface area contributed by atoms with E-state index >= 15 is 0 Å². The summed E-state index contributed by atoms with van der Waals surface area (Å²) < 4.78 is 19.3. The van der Waals surface area contributed by atoms with E-state index < -0.39 is 5.66 Å². The second-order valence-electron chi connectivity index (χ2n) is 14.6. The van der Waals surface area contributed by atoms with Gasteiger partial charge in [0.25, 0.3) is 5.82 Å². The van der Waals surface area contributed by atoms with Crippen LogP contribution in [0, 0.1) is 13.8 Å². The molecule has 0 radical (unpaired) electrons. The summed E-state index contributed by atoms with van der Waals surface area (Å²) in [6.45, 7) is 4.58. The Kier molecular flexibility index (Phi) is 4.87. The van der Waals surface area contributed by atoms with Gasteiger partial charge < -0.3 is 9.30 Å². The molecule has 1 unspecified atom stereocenters. The van der Waals surface area contributed by atoms with Crippen LogP contribution in [0.1, 0.15) is 22.5 Å². The monoisotopic (exact) mass is 681 g/mol. The second kappa shape index (κ2) is 9.29. The third-order valence-corrected chi connectivity index (χ3v) is 12.2. The van der Waals surface area contributed by atoms with Crippen molar-refractivity contribution in [2.45, 2.75) is 19.5 Å². The molecule has 248 valence electrons. The van der Waals surface area contributed by atoms with Crippen molar-refractivity contribution >= 4 is 43.6 Å². The zero-order valence-corrected chi connectivity index (χ0v) is 29.1. The van der Waals surface area contributed by atoms with Crippen molar-refractivity contribution in [3.63, 3.8) is 0 Å². The number of para-hydroxylation sites is 3. The lowest BCUT2D eigenvalue weighted by molar-refractivity contribution is -0.995. The van der Waals surface area contributed by atoms with Gasteiger partial charge in [0, 0.05) is 40.2 Å². The van der Waals surface area contributed by atoms with Crippen LogP contribution >= 0.6 is 0 Å². The van der Waals surface area contributed by atoms with Crippen LogP contribution in [0.25, 0.3) is 71.9 Å². The summed E-state index contributed by atoms with van der Waals surface area (Å²) in [6, 6.07) is 52.8. The van der Waals surface area contributed by atoms with Crippen molar-refractivity contribution in [1.82, 2.24) is 13.8 Å². The van der Waals surface area contributed by atoms with Crippen LogP contribution in [0.4, 0.5) is 0 Å². The fourth-order valence-corrected chi connectivity index (χ4v) is 10.4. The van der Waals surface area contributed by atoms with Gasteiger partial charge in [0.15, 0.2) is 11.1 Å². The number of hydrogen-bond donors (Lipinski definition) is 0. The maximum atomic E-state index is 6.91. The van der Waals surface area contributed by atoms with Gasteiger partial charge in [-0.05, 0) is 85.3 Å². The highest BCUT2D eigenvalue weighted by molar-refractivity contribution is 6.12. The molecule has 3 aliphatic heterocycles. The van der Waals surface area contributed by atoms with Crippen LogP contribution in [0.2, 0.25) is 0 Å². The second-order valence-corrected chi connectivity index (χ2v) is 14.6. The SMILES string of the molecule is Cc1c(-c2ccc3c(c2)c2ccccc2n3-c2ccccc2)c(C)[n+]2n1-c1cccc3c1C21c2c(ccc4c5ccccc5n(c24)-c2cccc[n+]21)O3. The zero-order valence-electron chi connectivity index (χ0n) is 29.1. The summed E-state index contributed by atoms with van der Waals surface area (Å²) in [5, 5.41) is 4.98. The Balaban J connectivity index is 1.16. The summed E-state index contributed by atoms with van der Waals surface area (Å²) >= 11 is 0. The van der Waals surface area contributed by atoms with Gasteiger partial charge in [0.2, 0.25) is 5.69 Å². The van der Waals surface area contributed by atoms with Crippen molar-refractivity contribution in [3.05, 3.63) is 174 Å². The predicted molar refractivity (Wildman–Crippen MR) is 208 cm³/mol. The number of ether oxygens (including phenoxy) is 1. The van der Waals surface area contributed by atoms with E-state index in [0.29, 0.717) is 0 Å². The van der Waals surface area contributed by atoms with Crippen molar-refractivity contribution in [2.24, 2.45) is 0 Å². The van der Waals surface area contributed by atoms with Gasteiger partial charge in [-0.15, -0.1) is 4.68 Å². The van der Waals surface area contributed by atoms with E-state index in [9.17, 15) is 0 Å². The number of nitrogens with zero attached hydrogens (tertiary/aromatic N) is 5. The van der Waals surface area contributed by atoms with E-state index in [4.69, 9.17) is 4.74 Å². The maximum absolute atomic E-state index is 6.91. The Labute approximate surface area is 304 Å². The number of rotatable bonds is 2. The standard InChI is InChI=1S/C47H31N5O/c1-28-43(30-22-24-38-35(27-30)33-16-7-8-17-36(33)49(38)31-13-4-3-5-14-31)29(2)52-47-44-39(51(28)52)19-12-20-40(44)53-41-25-23-34-32-15-6-9-18-37(32)50(46(34)45(41)47)42-21-10-11-26-48(42)47/h3-27H,1-2H3/q+2. The third-order valence-electron chi connectivity index (χ3n) is 12.2. The van der Waals surface area contributed by atoms with Gasteiger partial charge in [-0.25, -0.2) is 0 Å². The molecule has 0 saturated heterocycles. The van der Waals surface area contributed by atoms with E-state index in [1.54, 1.807) is 0 Å². The molecule has 4 aromatic heterocycles. The van der Waals surface area contributed by atoms with Crippen LogP contribution in [-0.2, 0) is 5.66 Å². The Morgan fingerprint density at radius 2 is 1.28 bits per heavy atom. The highest BCUT2D eigenvalue weighted by atomic mass is 16.5. The molecule has 0 bridgehead atoms. The Hall–Kier alpha value is -6.92. The van der Waals surface area contributed by atoms with Crippen LogP contribution < -0.4 is 14.0 Å². The van der Waals surface area contributed by atoms with Gasteiger partial charge in [0.1, 0.15) is 28.3 Å². The predicted octanol–water partition coefficient (Wildman–Crippen LogP) is 9.56. The largest absolute Gasteiger partial charge is 0.456 e. The first-order valence-corrected chi connectivity index (χ1v) is 18.3. The number of hydrogen-bond acceptors (Lipinski definition) is 1. The van der Waals surface area contributed by atoms with E-state index in [1.165, 1.54) is 82.9 Å². The molecule has 0 N–H and O–H groups in total. The summed E-state index contributed by atoms with van der Waals surface area (Å²) in [5.74, 6) is 2.92. The fourth-order valence-electron chi connectivity index (χ4n) is 10.4. The van der Waals surface area contributed by atoms with Gasteiger partial charge in [0.05, 0.1) is 28.5 Å². The van der Waals surface area contributed by atoms with Crippen LogP contribution in [0.5, 0.6) is 11.5 Å². The van der Waals surface area contributed by atoms with Gasteiger partial charge >= 0.3 is 5.66 Å². The lowest BCUT2D eigenvalue weighted by Crippen LogP contribution is -2.77. The van der Waals surface area contributed by atoms with E-state index in [2.05, 4.69) is 189 Å². The minimum absolute atomic E-state index is 0.722. The van der Waals surface area contributed by atoms with Crippen molar-refractivity contribution in [1.29, 1.82) is 0 Å². The minimum Gasteiger partial charge on any atom is -0.456 e. The highest BCUT2D eigenvalue weighted by Crippen LogP contribution is 2.56. The molecule has 53 heavy (non-hydrogen) atoms. The third kappa shape index (κ3) is 3.03. The molecule has 0 saturated carbocycles. The van der Waals surface area contributed by atoms with Crippen molar-refractivity contribution < 1.29 is 14.0 Å². The van der Waals surface area contributed by atoms with Gasteiger partial charge in [-0.3, -0.25) is 0 Å². The molecule has 10 aromatic rings. The number of benzene rings is 6. The van der Waals surface area contributed by atoms with Crippen LogP contribution in [-0.4, -0.2) is 13.8 Å². The molecule has 0 fully saturated rings. The first kappa shape index (κ1) is 27.8. The van der Waals surface area contributed by atoms with Crippen LogP contribution in [0.15, 0.2) is 152 Å².